The van der Waals surface area contributed by atoms with Gasteiger partial charge in [-0.2, -0.15) is 0 Å². The molecule has 3 atom stereocenters. The van der Waals surface area contributed by atoms with E-state index in [0.717, 1.165) is 0 Å². The third-order valence-corrected chi connectivity index (χ3v) is 2.92. The number of nitrogens with one attached hydrogen (secondary N) is 1. The van der Waals surface area contributed by atoms with Crippen molar-refractivity contribution < 1.29 is 5.11 Å². The molecule has 2 nitrogen and oxygen atoms in total. The average molecular weight is 187 g/mol. The lowest BCUT2D eigenvalue weighted by Crippen LogP contribution is -2.39. The third-order valence-electron chi connectivity index (χ3n) is 2.92. The summed E-state index contributed by atoms with van der Waals surface area (Å²) in [7, 11) is 0. The van der Waals surface area contributed by atoms with E-state index < -0.39 is 0 Å². The van der Waals surface area contributed by atoms with Gasteiger partial charge in [0.05, 0.1) is 6.10 Å². The molecule has 0 aliphatic heterocycles. The van der Waals surface area contributed by atoms with Crippen molar-refractivity contribution in [1.82, 2.24) is 5.32 Å². The molecular weight excluding hydrogens is 162 g/mol. The molecule has 0 bridgehead atoms. The van der Waals surface area contributed by atoms with Crippen LogP contribution in [0, 0.1) is 11.8 Å². The second kappa shape index (κ2) is 6.39. The lowest BCUT2D eigenvalue weighted by Gasteiger charge is -2.23. The summed E-state index contributed by atoms with van der Waals surface area (Å²) in [4.78, 5) is 0. The van der Waals surface area contributed by atoms with Gasteiger partial charge in [0.25, 0.3) is 0 Å². The van der Waals surface area contributed by atoms with Gasteiger partial charge in [-0.25, -0.2) is 0 Å². The SMILES string of the molecule is CCC(C)C(C)NCC(O)C(C)C. The molecule has 0 rings (SSSR count). The summed E-state index contributed by atoms with van der Waals surface area (Å²) >= 11 is 0. The molecule has 0 aliphatic carbocycles. The fourth-order valence-electron chi connectivity index (χ4n) is 1.10. The van der Waals surface area contributed by atoms with Crippen LogP contribution in [0.5, 0.6) is 0 Å². The van der Waals surface area contributed by atoms with Gasteiger partial charge in [0.2, 0.25) is 0 Å². The van der Waals surface area contributed by atoms with Crippen LogP contribution in [0.25, 0.3) is 0 Å². The first kappa shape index (κ1) is 12.9. The minimum atomic E-state index is -0.216. The van der Waals surface area contributed by atoms with Crippen LogP contribution in [0.3, 0.4) is 0 Å². The minimum Gasteiger partial charge on any atom is -0.392 e. The molecule has 2 N–H and O–H groups in total. The third kappa shape index (κ3) is 5.27. The maximum atomic E-state index is 9.57. The van der Waals surface area contributed by atoms with E-state index in [4.69, 9.17) is 0 Å². The van der Waals surface area contributed by atoms with Crippen molar-refractivity contribution in [2.45, 2.75) is 53.2 Å². The monoisotopic (exact) mass is 187 g/mol. The molecule has 13 heavy (non-hydrogen) atoms. The number of hydrogen-bond acceptors (Lipinski definition) is 2. The largest absolute Gasteiger partial charge is 0.392 e. The van der Waals surface area contributed by atoms with Gasteiger partial charge in [-0.1, -0.05) is 34.1 Å². The summed E-state index contributed by atoms with van der Waals surface area (Å²) in [6, 6.07) is 0.499. The maximum Gasteiger partial charge on any atom is 0.0687 e. The molecule has 0 aromatic rings. The maximum absolute atomic E-state index is 9.57. The van der Waals surface area contributed by atoms with Gasteiger partial charge in [-0.05, 0) is 18.8 Å². The molecule has 0 radical (unpaired) electrons. The predicted octanol–water partition coefficient (Wildman–Crippen LogP) is 2.03. The Hall–Kier alpha value is -0.0800. The highest BCUT2D eigenvalue weighted by atomic mass is 16.3. The van der Waals surface area contributed by atoms with Gasteiger partial charge in [0.1, 0.15) is 0 Å². The van der Waals surface area contributed by atoms with Crippen LogP contribution in [0.15, 0.2) is 0 Å². The molecule has 0 aliphatic rings. The molecule has 0 fully saturated rings. The summed E-state index contributed by atoms with van der Waals surface area (Å²) in [6.45, 7) is 11.4. The number of aliphatic hydroxyl groups excluding tert-OH is 1. The minimum absolute atomic E-state index is 0.216. The summed E-state index contributed by atoms with van der Waals surface area (Å²) < 4.78 is 0. The second-order valence-electron chi connectivity index (χ2n) is 4.39. The van der Waals surface area contributed by atoms with E-state index in [-0.39, 0.29) is 6.10 Å². The smallest absolute Gasteiger partial charge is 0.0687 e. The number of aliphatic hydroxyl groups is 1. The molecule has 0 amide bonds. The topological polar surface area (TPSA) is 32.3 Å². The van der Waals surface area contributed by atoms with E-state index in [9.17, 15) is 5.11 Å². The highest BCUT2D eigenvalue weighted by molar-refractivity contribution is 4.70. The zero-order valence-corrected chi connectivity index (χ0v) is 9.67. The molecule has 0 saturated heterocycles. The zero-order chi connectivity index (χ0) is 10.4. The van der Waals surface area contributed by atoms with Gasteiger partial charge in [-0.3, -0.25) is 0 Å². The summed E-state index contributed by atoms with van der Waals surface area (Å²) in [5.41, 5.74) is 0. The Morgan fingerprint density at radius 1 is 1.15 bits per heavy atom. The first-order chi connectivity index (χ1) is 5.99. The molecule has 2 heteroatoms. The van der Waals surface area contributed by atoms with Gasteiger partial charge < -0.3 is 10.4 Å². The van der Waals surface area contributed by atoms with Crippen LogP contribution in [0.4, 0.5) is 0 Å². The highest BCUT2D eigenvalue weighted by Gasteiger charge is 2.13. The van der Waals surface area contributed by atoms with E-state index in [1.807, 2.05) is 13.8 Å². The average Bonchev–Trinajstić information content (AvgIpc) is 2.11. The molecule has 0 aromatic carbocycles. The fourth-order valence-corrected chi connectivity index (χ4v) is 1.10. The Balaban J connectivity index is 3.63. The lowest BCUT2D eigenvalue weighted by atomic mass is 10.00. The lowest BCUT2D eigenvalue weighted by molar-refractivity contribution is 0.118. The van der Waals surface area contributed by atoms with Gasteiger partial charge in [0.15, 0.2) is 0 Å². The van der Waals surface area contributed by atoms with Crippen LogP contribution in [0.2, 0.25) is 0 Å². The normalized spacial score (nSPS) is 18.7. The Labute approximate surface area is 82.7 Å². The van der Waals surface area contributed by atoms with Crippen LogP contribution < -0.4 is 5.32 Å². The molecule has 0 spiro atoms. The molecule has 0 aromatic heterocycles. The van der Waals surface area contributed by atoms with E-state index >= 15 is 0 Å². The van der Waals surface area contributed by atoms with Crippen molar-refractivity contribution in [3.8, 4) is 0 Å². The Morgan fingerprint density at radius 2 is 1.69 bits per heavy atom. The summed E-state index contributed by atoms with van der Waals surface area (Å²) in [5.74, 6) is 1.02. The van der Waals surface area contributed by atoms with E-state index in [1.54, 1.807) is 0 Å². The number of rotatable bonds is 6. The van der Waals surface area contributed by atoms with Crippen molar-refractivity contribution in [3.63, 3.8) is 0 Å². The molecule has 0 saturated carbocycles. The van der Waals surface area contributed by atoms with Crippen LogP contribution in [-0.4, -0.2) is 23.8 Å². The Bertz CT molecular complexity index is 125. The standard InChI is InChI=1S/C11H25NO/c1-6-9(4)10(5)12-7-11(13)8(2)3/h8-13H,6-7H2,1-5H3. The van der Waals surface area contributed by atoms with Crippen molar-refractivity contribution in [2.24, 2.45) is 11.8 Å². The summed E-state index contributed by atoms with van der Waals surface area (Å²) in [5, 5.41) is 12.9. The van der Waals surface area contributed by atoms with Crippen molar-refractivity contribution >= 4 is 0 Å². The molecule has 0 heterocycles. The van der Waals surface area contributed by atoms with E-state index in [0.29, 0.717) is 24.4 Å². The van der Waals surface area contributed by atoms with Gasteiger partial charge >= 0.3 is 0 Å². The first-order valence-corrected chi connectivity index (χ1v) is 5.40. The van der Waals surface area contributed by atoms with Crippen molar-refractivity contribution in [3.05, 3.63) is 0 Å². The van der Waals surface area contributed by atoms with Gasteiger partial charge in [0, 0.05) is 12.6 Å². The zero-order valence-electron chi connectivity index (χ0n) is 9.67. The molecular formula is C11H25NO. The van der Waals surface area contributed by atoms with Gasteiger partial charge in [-0.15, -0.1) is 0 Å². The first-order valence-electron chi connectivity index (χ1n) is 5.40. The van der Waals surface area contributed by atoms with E-state index in [2.05, 4.69) is 26.1 Å². The Kier molecular flexibility index (Phi) is 6.35. The fraction of sp³-hybridized carbons (Fsp3) is 1.00. The Morgan fingerprint density at radius 3 is 2.08 bits per heavy atom. The van der Waals surface area contributed by atoms with Crippen molar-refractivity contribution in [2.75, 3.05) is 6.54 Å². The van der Waals surface area contributed by atoms with Crippen molar-refractivity contribution in [1.29, 1.82) is 0 Å². The molecule has 80 valence electrons. The summed E-state index contributed by atoms with van der Waals surface area (Å²) in [6.07, 6.45) is 0.970. The van der Waals surface area contributed by atoms with Crippen LogP contribution in [-0.2, 0) is 0 Å². The van der Waals surface area contributed by atoms with E-state index in [1.165, 1.54) is 6.42 Å². The van der Waals surface area contributed by atoms with Crippen LogP contribution >= 0.6 is 0 Å². The number of hydrogen-bond donors (Lipinski definition) is 2. The van der Waals surface area contributed by atoms with Crippen LogP contribution in [0.1, 0.15) is 41.0 Å². The highest BCUT2D eigenvalue weighted by Crippen LogP contribution is 2.07. The molecule has 3 unspecified atom stereocenters. The second-order valence-corrected chi connectivity index (χ2v) is 4.39. The predicted molar refractivity (Wildman–Crippen MR) is 57.8 cm³/mol. The quantitative estimate of drug-likeness (QED) is 0.667.